The Hall–Kier alpha value is -4.22. The van der Waals surface area contributed by atoms with E-state index in [2.05, 4.69) is 31.0 Å². The highest BCUT2D eigenvalue weighted by molar-refractivity contribution is 5.98. The summed E-state index contributed by atoms with van der Waals surface area (Å²) in [4.78, 5) is 39.5. The van der Waals surface area contributed by atoms with Gasteiger partial charge in [-0.2, -0.15) is 5.10 Å². The molecule has 1 saturated heterocycles. The van der Waals surface area contributed by atoms with E-state index < -0.39 is 5.92 Å². The molecule has 3 atom stereocenters. The SMILES string of the molecule is CC(C(=O)Nc1cc(C2CCC(OC(=O)NC3(C)CC3)C2)[nH]n1)c1ccc(N2CCCC2=O)cc1-c1nnco1. The van der Waals surface area contributed by atoms with Gasteiger partial charge in [0.1, 0.15) is 6.10 Å². The van der Waals surface area contributed by atoms with Gasteiger partial charge in [0.25, 0.3) is 0 Å². The molecule has 1 aliphatic heterocycles. The van der Waals surface area contributed by atoms with Gasteiger partial charge in [-0.05, 0) is 70.1 Å². The summed E-state index contributed by atoms with van der Waals surface area (Å²) in [6.45, 7) is 4.47. The van der Waals surface area contributed by atoms with Crippen LogP contribution in [0, 0.1) is 0 Å². The summed E-state index contributed by atoms with van der Waals surface area (Å²) < 4.78 is 11.1. The lowest BCUT2D eigenvalue weighted by Gasteiger charge is -2.20. The maximum atomic E-state index is 13.3. The third kappa shape index (κ3) is 5.43. The monoisotopic (exact) mass is 547 g/mol. The number of aromatic nitrogens is 4. The van der Waals surface area contributed by atoms with Crippen molar-refractivity contribution < 1.29 is 23.5 Å². The Morgan fingerprint density at radius 2 is 2.10 bits per heavy atom. The van der Waals surface area contributed by atoms with Gasteiger partial charge in [0, 0.05) is 47.4 Å². The minimum Gasteiger partial charge on any atom is -0.446 e. The van der Waals surface area contributed by atoms with Crippen LogP contribution in [0.1, 0.15) is 81.9 Å². The summed E-state index contributed by atoms with van der Waals surface area (Å²) in [5.74, 6) is 0.121. The molecule has 2 saturated carbocycles. The lowest BCUT2D eigenvalue weighted by Crippen LogP contribution is -2.36. The van der Waals surface area contributed by atoms with Crippen LogP contribution in [0.5, 0.6) is 0 Å². The van der Waals surface area contributed by atoms with Crippen molar-refractivity contribution in [1.82, 2.24) is 25.7 Å². The van der Waals surface area contributed by atoms with Gasteiger partial charge in [0.05, 0.1) is 5.92 Å². The molecule has 12 heteroatoms. The number of hydrogen-bond donors (Lipinski definition) is 3. The van der Waals surface area contributed by atoms with Crippen LogP contribution in [-0.4, -0.2) is 56.5 Å². The second-order valence-corrected chi connectivity index (χ2v) is 11.3. The molecule has 3 unspecified atom stereocenters. The van der Waals surface area contributed by atoms with Crippen molar-refractivity contribution in [2.24, 2.45) is 0 Å². The predicted molar refractivity (Wildman–Crippen MR) is 145 cm³/mol. The molecule has 3 aromatic rings. The van der Waals surface area contributed by atoms with E-state index in [-0.39, 0.29) is 41.4 Å². The van der Waals surface area contributed by atoms with Gasteiger partial charge < -0.3 is 24.7 Å². The lowest BCUT2D eigenvalue weighted by atomic mass is 9.94. The number of H-pyrrole nitrogens is 1. The molecule has 0 radical (unpaired) electrons. The highest BCUT2D eigenvalue weighted by atomic mass is 16.6. The molecule has 0 spiro atoms. The second kappa shape index (κ2) is 10.4. The van der Waals surface area contributed by atoms with Crippen molar-refractivity contribution in [1.29, 1.82) is 0 Å². The zero-order valence-electron chi connectivity index (χ0n) is 22.6. The zero-order chi connectivity index (χ0) is 27.9. The molecule has 6 rings (SSSR count). The van der Waals surface area contributed by atoms with Gasteiger partial charge >= 0.3 is 6.09 Å². The summed E-state index contributed by atoms with van der Waals surface area (Å²) in [5.41, 5.74) is 2.83. The summed E-state index contributed by atoms with van der Waals surface area (Å²) in [7, 11) is 0. The molecule has 12 nitrogen and oxygen atoms in total. The van der Waals surface area contributed by atoms with Crippen LogP contribution in [0.2, 0.25) is 0 Å². The van der Waals surface area contributed by atoms with Crippen molar-refractivity contribution in [3.8, 4) is 11.5 Å². The van der Waals surface area contributed by atoms with Crippen LogP contribution in [0.25, 0.3) is 11.5 Å². The molecule has 40 heavy (non-hydrogen) atoms. The van der Waals surface area contributed by atoms with Crippen LogP contribution in [0.4, 0.5) is 16.3 Å². The molecule has 210 valence electrons. The number of aromatic amines is 1. The minimum atomic E-state index is -0.568. The Bertz CT molecular complexity index is 1410. The first-order valence-corrected chi connectivity index (χ1v) is 13.8. The number of benzene rings is 1. The molecular weight excluding hydrogens is 514 g/mol. The van der Waals surface area contributed by atoms with Crippen LogP contribution in [0.15, 0.2) is 35.1 Å². The number of ether oxygens (including phenoxy) is 1. The molecule has 0 bridgehead atoms. The average Bonchev–Trinajstić information content (AvgIpc) is 3.53. The molecule has 2 aliphatic carbocycles. The van der Waals surface area contributed by atoms with Crippen LogP contribution >= 0.6 is 0 Å². The molecule has 3 N–H and O–H groups in total. The number of hydrogen-bond acceptors (Lipinski definition) is 8. The summed E-state index contributed by atoms with van der Waals surface area (Å²) in [6.07, 6.45) is 6.39. The van der Waals surface area contributed by atoms with Gasteiger partial charge in [-0.25, -0.2) is 4.79 Å². The van der Waals surface area contributed by atoms with E-state index in [1.165, 1.54) is 6.39 Å². The number of carbonyl (C=O) groups is 3. The van der Waals surface area contributed by atoms with Crippen LogP contribution in [0.3, 0.4) is 0 Å². The van der Waals surface area contributed by atoms with E-state index in [9.17, 15) is 14.4 Å². The number of rotatable bonds is 8. The predicted octanol–water partition coefficient (Wildman–Crippen LogP) is 4.24. The molecule has 3 amide bonds. The Morgan fingerprint density at radius 1 is 1.25 bits per heavy atom. The van der Waals surface area contributed by atoms with E-state index in [0.717, 1.165) is 43.5 Å². The van der Waals surface area contributed by atoms with E-state index in [4.69, 9.17) is 9.15 Å². The Morgan fingerprint density at radius 3 is 2.83 bits per heavy atom. The molecule has 3 aliphatic rings. The standard InChI is InChI=1S/C28H33N7O5/c1-16(20-8-6-18(35-11-3-4-24(35)36)13-21(20)26-34-29-15-39-26)25(37)30-23-14-22(32-33-23)17-5-7-19(12-17)40-27(38)31-28(2)9-10-28/h6,8,13-17,19H,3-5,7,9-12H2,1-2H3,(H,31,38)(H2,30,32,33,37). The highest BCUT2D eigenvalue weighted by Crippen LogP contribution is 2.38. The van der Waals surface area contributed by atoms with Crippen molar-refractivity contribution in [2.45, 2.75) is 82.3 Å². The Labute approximate surface area is 231 Å². The Balaban J connectivity index is 1.11. The number of nitrogens with one attached hydrogen (secondary N) is 3. The van der Waals surface area contributed by atoms with Gasteiger partial charge in [0.2, 0.25) is 24.1 Å². The molecular formula is C28H33N7O5. The Kier molecular flexibility index (Phi) is 6.77. The summed E-state index contributed by atoms with van der Waals surface area (Å²) >= 11 is 0. The van der Waals surface area contributed by atoms with Gasteiger partial charge in [-0.1, -0.05) is 6.07 Å². The molecule has 3 fully saturated rings. The van der Waals surface area contributed by atoms with Crippen LogP contribution < -0.4 is 15.5 Å². The zero-order valence-corrected chi connectivity index (χ0v) is 22.6. The third-order valence-electron chi connectivity index (χ3n) is 8.22. The van der Waals surface area contributed by atoms with Crippen LogP contribution in [-0.2, 0) is 14.3 Å². The first-order valence-electron chi connectivity index (χ1n) is 13.8. The van der Waals surface area contributed by atoms with Crippen molar-refractivity contribution >= 4 is 29.4 Å². The van der Waals surface area contributed by atoms with Crippen molar-refractivity contribution in [3.63, 3.8) is 0 Å². The summed E-state index contributed by atoms with van der Waals surface area (Å²) in [6, 6.07) is 7.34. The minimum absolute atomic E-state index is 0.0698. The number of nitrogens with zero attached hydrogens (tertiary/aromatic N) is 4. The maximum absolute atomic E-state index is 13.3. The molecule has 2 aromatic heterocycles. The third-order valence-corrected chi connectivity index (χ3v) is 8.22. The second-order valence-electron chi connectivity index (χ2n) is 11.3. The van der Waals surface area contributed by atoms with Crippen molar-refractivity contribution in [3.05, 3.63) is 41.9 Å². The molecule has 1 aromatic carbocycles. The van der Waals surface area contributed by atoms with E-state index in [1.54, 1.807) is 11.8 Å². The molecule has 3 heterocycles. The quantitative estimate of drug-likeness (QED) is 0.378. The average molecular weight is 548 g/mol. The fourth-order valence-corrected chi connectivity index (χ4v) is 5.54. The normalized spacial score (nSPS) is 22.2. The number of amides is 3. The summed E-state index contributed by atoms with van der Waals surface area (Å²) in [5, 5.41) is 21.0. The van der Waals surface area contributed by atoms with Gasteiger partial charge in [0.15, 0.2) is 5.82 Å². The number of anilines is 2. The first kappa shape index (κ1) is 26.0. The van der Waals surface area contributed by atoms with E-state index in [0.29, 0.717) is 36.3 Å². The van der Waals surface area contributed by atoms with Gasteiger partial charge in [-0.3, -0.25) is 14.7 Å². The lowest BCUT2D eigenvalue weighted by molar-refractivity contribution is -0.118. The van der Waals surface area contributed by atoms with E-state index >= 15 is 0 Å². The fraction of sp³-hybridized carbons (Fsp3) is 0.500. The topological polar surface area (TPSA) is 155 Å². The van der Waals surface area contributed by atoms with E-state index in [1.807, 2.05) is 31.2 Å². The number of carbonyl (C=O) groups excluding carboxylic acids is 3. The largest absolute Gasteiger partial charge is 0.446 e. The maximum Gasteiger partial charge on any atom is 0.407 e. The van der Waals surface area contributed by atoms with Gasteiger partial charge in [-0.15, -0.1) is 10.2 Å². The highest BCUT2D eigenvalue weighted by Gasteiger charge is 2.40. The van der Waals surface area contributed by atoms with Crippen molar-refractivity contribution in [2.75, 3.05) is 16.8 Å². The first-order chi connectivity index (χ1) is 19.3. The number of alkyl carbamates (subject to hydrolysis) is 1. The smallest absolute Gasteiger partial charge is 0.407 e. The fourth-order valence-electron chi connectivity index (χ4n) is 5.54.